The van der Waals surface area contributed by atoms with E-state index < -0.39 is 0 Å². The average molecular weight is 482 g/mol. The van der Waals surface area contributed by atoms with Crippen molar-refractivity contribution in [3.05, 3.63) is 0 Å². The van der Waals surface area contributed by atoms with Gasteiger partial charge in [-0.25, -0.2) is 0 Å². The van der Waals surface area contributed by atoms with Gasteiger partial charge in [0, 0.05) is 12.8 Å². The molecule has 4 aliphatic rings. The van der Waals surface area contributed by atoms with Crippen LogP contribution in [0.25, 0.3) is 0 Å². The third kappa shape index (κ3) is 3.61. The number of hydrogen-bond acceptors (Lipinski definition) is 3. The van der Waals surface area contributed by atoms with Crippen LogP contribution in [-0.4, -0.2) is 23.2 Å². The Labute approximate surface area is 191 Å². The second-order valence-corrected chi connectivity index (χ2v) is 12.5. The van der Waals surface area contributed by atoms with Crippen LogP contribution in [0.3, 0.4) is 0 Å². The minimum atomic E-state index is -0.0322. The number of halogens is 1. The molecule has 30 heavy (non-hydrogen) atoms. The zero-order valence-corrected chi connectivity index (χ0v) is 21.0. The largest absolute Gasteiger partial charge is 0.466 e. The summed E-state index contributed by atoms with van der Waals surface area (Å²) in [6, 6.07) is 0. The van der Waals surface area contributed by atoms with Crippen molar-refractivity contribution < 1.29 is 14.3 Å². The Balaban J connectivity index is 1.47. The molecule has 0 aliphatic heterocycles. The van der Waals surface area contributed by atoms with E-state index in [1.165, 1.54) is 38.5 Å². The maximum atomic E-state index is 12.4. The van der Waals surface area contributed by atoms with Crippen LogP contribution in [0.5, 0.6) is 0 Å². The summed E-state index contributed by atoms with van der Waals surface area (Å²) in [4.78, 5) is 24.3. The monoisotopic (exact) mass is 480 g/mol. The van der Waals surface area contributed by atoms with Gasteiger partial charge in [0.2, 0.25) is 0 Å². The van der Waals surface area contributed by atoms with Gasteiger partial charge >= 0.3 is 5.97 Å². The first-order chi connectivity index (χ1) is 14.2. The molecule has 3 nitrogen and oxygen atoms in total. The van der Waals surface area contributed by atoms with Crippen molar-refractivity contribution in [1.29, 1.82) is 0 Å². The fourth-order valence-corrected chi connectivity index (χ4v) is 9.94. The number of carbonyl (C=O) groups excluding carboxylic acids is 2. The molecule has 0 amide bonds. The fraction of sp³-hybridized carbons (Fsp3) is 0.923. The van der Waals surface area contributed by atoms with E-state index >= 15 is 0 Å². The molecule has 0 aromatic carbocycles. The predicted octanol–water partition coefficient (Wildman–Crippen LogP) is 6.57. The van der Waals surface area contributed by atoms with Crippen molar-refractivity contribution in [3.63, 3.8) is 0 Å². The van der Waals surface area contributed by atoms with Gasteiger partial charge in [-0.1, -0.05) is 36.7 Å². The number of ketones is 1. The van der Waals surface area contributed by atoms with Crippen molar-refractivity contribution >= 4 is 27.7 Å². The van der Waals surface area contributed by atoms with Crippen LogP contribution in [-0.2, 0) is 14.3 Å². The molecule has 4 rings (SSSR count). The van der Waals surface area contributed by atoms with Crippen molar-refractivity contribution in [3.8, 4) is 0 Å². The first-order valence-corrected chi connectivity index (χ1v) is 13.5. The number of esters is 1. The Bertz CT molecular complexity index is 677. The maximum absolute atomic E-state index is 12.4. The van der Waals surface area contributed by atoms with Crippen molar-refractivity contribution in [1.82, 2.24) is 0 Å². The molecule has 4 aliphatic carbocycles. The van der Waals surface area contributed by atoms with Crippen LogP contribution < -0.4 is 0 Å². The highest BCUT2D eigenvalue weighted by Crippen LogP contribution is 2.68. The molecule has 4 heteroatoms. The van der Waals surface area contributed by atoms with Gasteiger partial charge in [0.1, 0.15) is 5.78 Å². The third-order valence-electron chi connectivity index (χ3n) is 10.4. The zero-order chi connectivity index (χ0) is 21.7. The number of ether oxygens (including phenoxy) is 1. The summed E-state index contributed by atoms with van der Waals surface area (Å²) >= 11 is 3.80. The number of hydrogen-bond donors (Lipinski definition) is 0. The molecule has 0 bridgehead atoms. The van der Waals surface area contributed by atoms with Crippen LogP contribution in [0.2, 0.25) is 0 Å². The smallest absolute Gasteiger partial charge is 0.305 e. The van der Waals surface area contributed by atoms with Crippen molar-refractivity contribution in [2.45, 2.75) is 96.7 Å². The minimum absolute atomic E-state index is 0.0322. The van der Waals surface area contributed by atoms with Gasteiger partial charge in [-0.15, -0.1) is 0 Å². The lowest BCUT2D eigenvalue weighted by Gasteiger charge is -2.61. The molecule has 0 heterocycles. The molecule has 1 unspecified atom stereocenters. The molecule has 9 atom stereocenters. The zero-order valence-electron chi connectivity index (χ0n) is 19.4. The number of carbonyl (C=O) groups is 2. The highest BCUT2D eigenvalue weighted by atomic mass is 79.9. The Kier molecular flexibility index (Phi) is 6.48. The highest BCUT2D eigenvalue weighted by Gasteiger charge is 2.61. The second kappa shape index (κ2) is 8.52. The van der Waals surface area contributed by atoms with Crippen LogP contribution in [0.15, 0.2) is 0 Å². The topological polar surface area (TPSA) is 43.4 Å². The summed E-state index contributed by atoms with van der Waals surface area (Å²) in [7, 11) is 0. The summed E-state index contributed by atoms with van der Waals surface area (Å²) < 4.78 is 5.17. The van der Waals surface area contributed by atoms with Gasteiger partial charge in [0.15, 0.2) is 0 Å². The molecular weight excluding hydrogens is 440 g/mol. The maximum Gasteiger partial charge on any atom is 0.305 e. The Morgan fingerprint density at radius 1 is 1.07 bits per heavy atom. The molecule has 170 valence electrons. The van der Waals surface area contributed by atoms with Gasteiger partial charge in [-0.2, -0.15) is 0 Å². The number of Topliss-reactive ketones (excluding diaryl/α,β-unsaturated/α-hetero) is 1. The predicted molar refractivity (Wildman–Crippen MR) is 123 cm³/mol. The first kappa shape index (κ1) is 22.8. The lowest BCUT2D eigenvalue weighted by molar-refractivity contribution is -0.143. The quantitative estimate of drug-likeness (QED) is 0.330. The Hall–Kier alpha value is -0.380. The highest BCUT2D eigenvalue weighted by molar-refractivity contribution is 9.10. The standard InChI is InChI=1S/C26H41BrO3/c1-5-30-23(29)11-6-16(2)18-9-10-19-17-7-8-21-24(27)22(28)13-15-26(21,4)20(17)12-14-25(18,19)3/h16-21,24H,5-15H2,1-4H3/t16-,17+,18-,19+,20+,21-,24?,25-,26-/m1/s1. The lowest BCUT2D eigenvalue weighted by atomic mass is 9.44. The Morgan fingerprint density at radius 2 is 1.77 bits per heavy atom. The molecule has 4 fully saturated rings. The van der Waals surface area contributed by atoms with E-state index in [9.17, 15) is 9.59 Å². The van der Waals surface area contributed by atoms with Crippen LogP contribution in [0, 0.1) is 46.3 Å². The van der Waals surface area contributed by atoms with Gasteiger partial charge < -0.3 is 4.74 Å². The summed E-state index contributed by atoms with van der Waals surface area (Å²) in [5.74, 6) is 4.72. The van der Waals surface area contributed by atoms with Crippen LogP contribution in [0.4, 0.5) is 0 Å². The number of fused-ring (bicyclic) bond motifs is 5. The minimum Gasteiger partial charge on any atom is -0.466 e. The van der Waals surface area contributed by atoms with Gasteiger partial charge in [-0.3, -0.25) is 9.59 Å². The first-order valence-electron chi connectivity index (χ1n) is 12.5. The number of alkyl halides is 1. The Morgan fingerprint density at radius 3 is 2.50 bits per heavy atom. The number of rotatable bonds is 5. The molecule has 0 spiro atoms. The molecule has 0 aromatic rings. The van der Waals surface area contributed by atoms with E-state index in [-0.39, 0.29) is 10.8 Å². The van der Waals surface area contributed by atoms with Gasteiger partial charge in [0.05, 0.1) is 11.4 Å². The molecule has 0 radical (unpaired) electrons. The van der Waals surface area contributed by atoms with E-state index in [4.69, 9.17) is 4.74 Å². The molecular formula is C26H41BrO3. The molecule has 0 aromatic heterocycles. The summed E-state index contributed by atoms with van der Waals surface area (Å²) in [6.07, 6.45) is 11.3. The molecule has 0 saturated heterocycles. The lowest BCUT2D eigenvalue weighted by Crippen LogP contribution is -2.56. The average Bonchev–Trinajstić information content (AvgIpc) is 3.07. The van der Waals surface area contributed by atoms with E-state index in [2.05, 4.69) is 36.7 Å². The SMILES string of the molecule is CCOC(=O)CC[C@@H](C)[C@H]1CC[C@H]2[C@@H]3CC[C@@H]4C(Br)C(=O)CC[C@]4(C)[C@H]3CC[C@]12C. The summed E-state index contributed by atoms with van der Waals surface area (Å²) in [6.45, 7) is 9.85. The van der Waals surface area contributed by atoms with E-state index in [0.717, 1.165) is 42.9 Å². The third-order valence-corrected chi connectivity index (χ3v) is 11.5. The normalized spacial score (nSPS) is 46.5. The van der Waals surface area contributed by atoms with Crippen LogP contribution >= 0.6 is 15.9 Å². The second-order valence-electron chi connectivity index (χ2n) is 11.5. The van der Waals surface area contributed by atoms with Gasteiger partial charge in [-0.05, 0) is 105 Å². The van der Waals surface area contributed by atoms with Crippen molar-refractivity contribution in [2.24, 2.45) is 46.3 Å². The molecule has 4 saturated carbocycles. The summed E-state index contributed by atoms with van der Waals surface area (Å²) in [5, 5.41) is 0. The molecule has 0 N–H and O–H groups in total. The van der Waals surface area contributed by atoms with Gasteiger partial charge in [0.25, 0.3) is 0 Å². The van der Waals surface area contributed by atoms with E-state index in [0.29, 0.717) is 41.5 Å². The van der Waals surface area contributed by atoms with Crippen molar-refractivity contribution in [2.75, 3.05) is 6.61 Å². The van der Waals surface area contributed by atoms with Crippen LogP contribution in [0.1, 0.15) is 91.9 Å². The van der Waals surface area contributed by atoms with E-state index in [1.54, 1.807) is 0 Å². The summed E-state index contributed by atoms with van der Waals surface area (Å²) in [5.41, 5.74) is 0.761. The van der Waals surface area contributed by atoms with E-state index in [1.807, 2.05) is 6.92 Å². The fourth-order valence-electron chi connectivity index (χ4n) is 8.85.